The highest BCUT2D eigenvalue weighted by atomic mass is 16.5. The minimum absolute atomic E-state index is 0.270. The molecule has 3 N–H and O–H groups in total. The number of hydrogen-bond donors (Lipinski definition) is 2. The van der Waals surface area contributed by atoms with E-state index in [-0.39, 0.29) is 6.10 Å². The molecule has 2 aromatic carbocycles. The van der Waals surface area contributed by atoms with Gasteiger partial charge in [-0.1, -0.05) is 24.3 Å². The number of ether oxygens (including phenoxy) is 2. The Morgan fingerprint density at radius 2 is 2.09 bits per heavy atom. The summed E-state index contributed by atoms with van der Waals surface area (Å²) in [5.74, 6) is 0.898. The van der Waals surface area contributed by atoms with Crippen molar-refractivity contribution in [2.45, 2.75) is 6.10 Å². The van der Waals surface area contributed by atoms with Gasteiger partial charge in [-0.05, 0) is 19.2 Å². The first-order valence-electron chi connectivity index (χ1n) is 8.16. The molecular formula is C18H25N3O2. The molecule has 0 aromatic heterocycles. The Balaban J connectivity index is 1.58. The van der Waals surface area contributed by atoms with Gasteiger partial charge in [0.1, 0.15) is 12.4 Å². The molecule has 0 saturated carbocycles. The largest absolute Gasteiger partial charge is 0.492 e. The normalized spacial score (nSPS) is 19.1. The Labute approximate surface area is 137 Å². The van der Waals surface area contributed by atoms with Crippen molar-refractivity contribution in [1.29, 1.82) is 0 Å². The van der Waals surface area contributed by atoms with Gasteiger partial charge in [0.15, 0.2) is 0 Å². The molecule has 1 atom stereocenters. The third-order valence-corrected chi connectivity index (χ3v) is 4.24. The zero-order valence-corrected chi connectivity index (χ0v) is 13.6. The van der Waals surface area contributed by atoms with E-state index >= 15 is 0 Å². The number of anilines is 1. The molecule has 0 amide bonds. The molecule has 1 saturated heterocycles. The maximum atomic E-state index is 6.03. The maximum Gasteiger partial charge on any atom is 0.127 e. The molecule has 0 aliphatic carbocycles. The molecule has 1 aliphatic heterocycles. The second-order valence-corrected chi connectivity index (χ2v) is 5.90. The van der Waals surface area contributed by atoms with Crippen LogP contribution in [0.4, 0.5) is 5.69 Å². The van der Waals surface area contributed by atoms with Crippen molar-refractivity contribution in [2.24, 2.45) is 0 Å². The molecule has 124 valence electrons. The number of fused-ring (bicyclic) bond motifs is 1. The highest BCUT2D eigenvalue weighted by Gasteiger charge is 2.19. The lowest BCUT2D eigenvalue weighted by molar-refractivity contribution is -0.0291. The van der Waals surface area contributed by atoms with Crippen molar-refractivity contribution in [2.75, 3.05) is 52.2 Å². The summed E-state index contributed by atoms with van der Waals surface area (Å²) in [6, 6.07) is 12.0. The number of nitrogens with one attached hydrogen (secondary N) is 1. The quantitative estimate of drug-likeness (QED) is 0.795. The van der Waals surface area contributed by atoms with E-state index in [4.69, 9.17) is 15.2 Å². The average Bonchev–Trinajstić information content (AvgIpc) is 2.58. The van der Waals surface area contributed by atoms with Gasteiger partial charge >= 0.3 is 0 Å². The van der Waals surface area contributed by atoms with Crippen LogP contribution in [0.15, 0.2) is 36.4 Å². The molecule has 2 aromatic rings. The SMILES string of the molecule is CNCC1CN(CCOc2ccc(N)c3ccccc23)CCO1. The molecule has 1 unspecified atom stereocenters. The van der Waals surface area contributed by atoms with Gasteiger partial charge in [-0.3, -0.25) is 4.90 Å². The van der Waals surface area contributed by atoms with Crippen LogP contribution in [0.1, 0.15) is 0 Å². The van der Waals surface area contributed by atoms with Crippen LogP contribution in [0.2, 0.25) is 0 Å². The standard InChI is InChI=1S/C18H25N3O2/c1-20-12-14-13-21(8-10-22-14)9-11-23-18-7-6-17(19)15-4-2-3-5-16(15)18/h2-7,14,20H,8-13,19H2,1H3. The van der Waals surface area contributed by atoms with Crippen molar-refractivity contribution >= 4 is 16.5 Å². The van der Waals surface area contributed by atoms with Gasteiger partial charge in [-0.15, -0.1) is 0 Å². The molecule has 0 spiro atoms. The number of nitrogens with two attached hydrogens (primary N) is 1. The lowest BCUT2D eigenvalue weighted by Crippen LogP contribution is -2.47. The van der Waals surface area contributed by atoms with Crippen molar-refractivity contribution < 1.29 is 9.47 Å². The van der Waals surface area contributed by atoms with Gasteiger partial charge < -0.3 is 20.5 Å². The van der Waals surface area contributed by atoms with Crippen LogP contribution in [0.25, 0.3) is 10.8 Å². The topological polar surface area (TPSA) is 59.8 Å². The summed E-state index contributed by atoms with van der Waals surface area (Å²) in [7, 11) is 1.96. The monoisotopic (exact) mass is 315 g/mol. The Hall–Kier alpha value is -1.82. The average molecular weight is 315 g/mol. The lowest BCUT2D eigenvalue weighted by atomic mass is 10.1. The fourth-order valence-electron chi connectivity index (χ4n) is 3.04. The molecule has 1 fully saturated rings. The number of rotatable bonds is 6. The first-order chi connectivity index (χ1) is 11.3. The second-order valence-electron chi connectivity index (χ2n) is 5.90. The van der Waals surface area contributed by atoms with Crippen LogP contribution in [-0.4, -0.2) is 57.4 Å². The van der Waals surface area contributed by atoms with E-state index in [1.165, 1.54) is 0 Å². The van der Waals surface area contributed by atoms with E-state index in [1.807, 2.05) is 37.4 Å². The number of nitrogen functional groups attached to an aromatic ring is 1. The smallest absolute Gasteiger partial charge is 0.127 e. The second kappa shape index (κ2) is 7.64. The molecule has 1 aliphatic rings. The Morgan fingerprint density at radius 1 is 1.26 bits per heavy atom. The fraction of sp³-hybridized carbons (Fsp3) is 0.444. The number of nitrogens with zero attached hydrogens (tertiary/aromatic N) is 1. The van der Waals surface area contributed by atoms with Crippen LogP contribution in [0.5, 0.6) is 5.75 Å². The minimum atomic E-state index is 0.270. The summed E-state index contributed by atoms with van der Waals surface area (Å²) in [5.41, 5.74) is 6.82. The van der Waals surface area contributed by atoms with Crippen molar-refractivity contribution in [3.63, 3.8) is 0 Å². The number of hydrogen-bond acceptors (Lipinski definition) is 5. The van der Waals surface area contributed by atoms with Crippen molar-refractivity contribution in [1.82, 2.24) is 10.2 Å². The number of benzene rings is 2. The van der Waals surface area contributed by atoms with Crippen LogP contribution in [0.3, 0.4) is 0 Å². The minimum Gasteiger partial charge on any atom is -0.492 e. The van der Waals surface area contributed by atoms with Crippen molar-refractivity contribution in [3.05, 3.63) is 36.4 Å². The van der Waals surface area contributed by atoms with Crippen LogP contribution in [-0.2, 0) is 4.74 Å². The molecule has 3 rings (SSSR count). The molecule has 5 nitrogen and oxygen atoms in total. The lowest BCUT2D eigenvalue weighted by Gasteiger charge is -2.32. The highest BCUT2D eigenvalue weighted by Crippen LogP contribution is 2.29. The van der Waals surface area contributed by atoms with E-state index in [9.17, 15) is 0 Å². The Kier molecular flexibility index (Phi) is 5.33. The Morgan fingerprint density at radius 3 is 2.91 bits per heavy atom. The summed E-state index contributed by atoms with van der Waals surface area (Å²) in [4.78, 5) is 2.39. The highest BCUT2D eigenvalue weighted by molar-refractivity contribution is 5.96. The molecule has 0 radical (unpaired) electrons. The van der Waals surface area contributed by atoms with Crippen LogP contribution >= 0.6 is 0 Å². The number of morpholine rings is 1. The molecule has 1 heterocycles. The van der Waals surface area contributed by atoms with Gasteiger partial charge in [0.2, 0.25) is 0 Å². The zero-order chi connectivity index (χ0) is 16.1. The zero-order valence-electron chi connectivity index (χ0n) is 13.6. The van der Waals surface area contributed by atoms with E-state index in [0.717, 1.165) is 55.0 Å². The van der Waals surface area contributed by atoms with Gasteiger partial charge in [-0.25, -0.2) is 0 Å². The predicted molar refractivity (Wildman–Crippen MR) is 94.0 cm³/mol. The van der Waals surface area contributed by atoms with Gasteiger partial charge in [-0.2, -0.15) is 0 Å². The summed E-state index contributed by atoms with van der Waals surface area (Å²) < 4.78 is 11.7. The maximum absolute atomic E-state index is 6.03. The molecular weight excluding hydrogens is 290 g/mol. The van der Waals surface area contributed by atoms with E-state index < -0.39 is 0 Å². The van der Waals surface area contributed by atoms with Crippen molar-refractivity contribution in [3.8, 4) is 5.75 Å². The number of likely N-dealkylation sites (N-methyl/N-ethyl adjacent to an activating group) is 1. The van der Waals surface area contributed by atoms with E-state index in [0.29, 0.717) is 6.61 Å². The third kappa shape index (κ3) is 3.93. The first-order valence-corrected chi connectivity index (χ1v) is 8.16. The summed E-state index contributed by atoms with van der Waals surface area (Å²) in [6.07, 6.45) is 0.270. The van der Waals surface area contributed by atoms with E-state index in [1.54, 1.807) is 0 Å². The van der Waals surface area contributed by atoms with Gasteiger partial charge in [0.05, 0.1) is 12.7 Å². The molecule has 5 heteroatoms. The van der Waals surface area contributed by atoms with E-state index in [2.05, 4.69) is 16.3 Å². The predicted octanol–water partition coefficient (Wildman–Crippen LogP) is 1.72. The van der Waals surface area contributed by atoms with Crippen LogP contribution < -0.4 is 15.8 Å². The fourth-order valence-corrected chi connectivity index (χ4v) is 3.04. The first kappa shape index (κ1) is 16.1. The van der Waals surface area contributed by atoms with Gasteiger partial charge in [0.25, 0.3) is 0 Å². The Bertz CT molecular complexity index is 645. The summed E-state index contributed by atoms with van der Waals surface area (Å²) in [6.45, 7) is 5.16. The molecule has 0 bridgehead atoms. The third-order valence-electron chi connectivity index (χ3n) is 4.24. The molecule has 23 heavy (non-hydrogen) atoms. The van der Waals surface area contributed by atoms with Gasteiger partial charge in [0, 0.05) is 42.6 Å². The summed E-state index contributed by atoms with van der Waals surface area (Å²) >= 11 is 0. The van der Waals surface area contributed by atoms with Crippen LogP contribution in [0, 0.1) is 0 Å². The summed E-state index contributed by atoms with van der Waals surface area (Å²) in [5, 5.41) is 5.29.